The first-order valence-electron chi connectivity index (χ1n) is 8.78. The van der Waals surface area contributed by atoms with Gasteiger partial charge in [0.05, 0.1) is 30.3 Å². The monoisotopic (exact) mass is 388 g/mol. The summed E-state index contributed by atoms with van der Waals surface area (Å²) in [5.41, 5.74) is 0.610. The second-order valence-electron chi connectivity index (χ2n) is 6.29. The quantitative estimate of drug-likeness (QED) is 0.495. The van der Waals surface area contributed by atoms with Gasteiger partial charge in [0.25, 0.3) is 5.56 Å². The third-order valence-corrected chi connectivity index (χ3v) is 4.49. The molecule has 0 amide bonds. The van der Waals surface area contributed by atoms with Crippen molar-refractivity contribution in [2.45, 2.75) is 6.54 Å². The van der Waals surface area contributed by atoms with Crippen LogP contribution in [0.15, 0.2) is 76.7 Å². The summed E-state index contributed by atoms with van der Waals surface area (Å²) < 4.78 is 7.21. The van der Waals surface area contributed by atoms with Crippen LogP contribution in [-0.2, 0) is 11.3 Å². The van der Waals surface area contributed by atoms with Crippen molar-refractivity contribution in [2.75, 3.05) is 7.11 Å². The minimum absolute atomic E-state index is 0.0625. The van der Waals surface area contributed by atoms with Gasteiger partial charge in [-0.05, 0) is 42.0 Å². The molecule has 3 aromatic heterocycles. The maximum atomic E-state index is 13.3. The number of pyridine rings is 2. The fourth-order valence-corrected chi connectivity index (χ4v) is 3.12. The minimum Gasteiger partial charge on any atom is -0.465 e. The number of carbonyl (C=O) groups excluding carboxylic acids is 1. The molecule has 0 bridgehead atoms. The highest BCUT2D eigenvalue weighted by Gasteiger charge is 2.17. The van der Waals surface area contributed by atoms with Gasteiger partial charge in [-0.3, -0.25) is 14.3 Å². The maximum Gasteiger partial charge on any atom is 0.337 e. The molecule has 4 aromatic rings. The van der Waals surface area contributed by atoms with E-state index in [1.54, 1.807) is 54.9 Å². The SMILES string of the molecule is COC(=O)c1cccc(-n2c(=O)n(Cc3cccnc3)c(=O)c3cccnc32)c1. The fourth-order valence-electron chi connectivity index (χ4n) is 3.12. The highest BCUT2D eigenvalue weighted by atomic mass is 16.5. The largest absolute Gasteiger partial charge is 0.465 e. The zero-order valence-electron chi connectivity index (χ0n) is 15.5. The molecule has 0 aliphatic carbocycles. The van der Waals surface area contributed by atoms with Crippen LogP contribution in [0.5, 0.6) is 0 Å². The molecule has 0 radical (unpaired) electrons. The minimum atomic E-state index is -0.563. The van der Waals surface area contributed by atoms with E-state index in [4.69, 9.17) is 4.74 Å². The normalized spacial score (nSPS) is 10.8. The predicted octanol–water partition coefficient (Wildman–Crippen LogP) is 1.78. The van der Waals surface area contributed by atoms with Gasteiger partial charge in [-0.2, -0.15) is 0 Å². The van der Waals surface area contributed by atoms with Gasteiger partial charge >= 0.3 is 11.7 Å². The van der Waals surface area contributed by atoms with Crippen LogP contribution in [0.4, 0.5) is 0 Å². The van der Waals surface area contributed by atoms with Gasteiger partial charge in [-0.1, -0.05) is 12.1 Å². The van der Waals surface area contributed by atoms with Crippen LogP contribution in [0.1, 0.15) is 15.9 Å². The number of hydrogen-bond acceptors (Lipinski definition) is 6. The molecule has 0 saturated carbocycles. The summed E-state index contributed by atoms with van der Waals surface area (Å²) in [6.07, 6.45) is 4.72. The molecule has 144 valence electrons. The standard InChI is InChI=1S/C21H16N4O4/c1-29-20(27)15-6-2-7-16(11-15)25-18-17(8-4-10-23-18)19(26)24(21(25)28)13-14-5-3-9-22-12-14/h2-12H,13H2,1H3. The Balaban J connectivity index is 2.00. The zero-order chi connectivity index (χ0) is 20.4. The van der Waals surface area contributed by atoms with Gasteiger partial charge < -0.3 is 4.74 Å². The van der Waals surface area contributed by atoms with Gasteiger partial charge in [0.2, 0.25) is 0 Å². The maximum absolute atomic E-state index is 13.3. The molecule has 4 rings (SSSR count). The summed E-state index contributed by atoms with van der Waals surface area (Å²) in [5, 5.41) is 0.291. The third-order valence-electron chi connectivity index (χ3n) is 4.49. The Morgan fingerprint density at radius 1 is 1.07 bits per heavy atom. The van der Waals surface area contributed by atoms with Crippen molar-refractivity contribution in [1.29, 1.82) is 0 Å². The van der Waals surface area contributed by atoms with Crippen LogP contribution in [0, 0.1) is 0 Å². The molecule has 1 aromatic carbocycles. The first kappa shape index (κ1) is 18.3. The summed E-state index contributed by atoms with van der Waals surface area (Å²) >= 11 is 0. The van der Waals surface area contributed by atoms with E-state index < -0.39 is 17.2 Å². The highest BCUT2D eigenvalue weighted by molar-refractivity contribution is 5.90. The number of rotatable bonds is 4. The number of fused-ring (bicyclic) bond motifs is 1. The number of hydrogen-bond donors (Lipinski definition) is 0. The van der Waals surface area contributed by atoms with E-state index >= 15 is 0 Å². The smallest absolute Gasteiger partial charge is 0.337 e. The lowest BCUT2D eigenvalue weighted by Crippen LogP contribution is -2.40. The van der Waals surface area contributed by atoms with Crippen LogP contribution in [0.25, 0.3) is 16.7 Å². The Morgan fingerprint density at radius 3 is 2.66 bits per heavy atom. The number of benzene rings is 1. The third kappa shape index (κ3) is 3.31. The van der Waals surface area contributed by atoms with E-state index in [2.05, 4.69) is 9.97 Å². The van der Waals surface area contributed by atoms with Gasteiger partial charge in [-0.25, -0.2) is 19.1 Å². The van der Waals surface area contributed by atoms with E-state index in [-0.39, 0.29) is 17.8 Å². The summed E-state index contributed by atoms with van der Waals surface area (Å²) in [7, 11) is 1.28. The molecule has 0 aliphatic heterocycles. The summed E-state index contributed by atoms with van der Waals surface area (Å²) in [5.74, 6) is -0.527. The van der Waals surface area contributed by atoms with Crippen molar-refractivity contribution in [3.05, 3.63) is 99.1 Å². The van der Waals surface area contributed by atoms with E-state index in [0.29, 0.717) is 16.6 Å². The van der Waals surface area contributed by atoms with Crippen molar-refractivity contribution in [3.63, 3.8) is 0 Å². The van der Waals surface area contributed by atoms with Crippen LogP contribution in [-0.4, -0.2) is 32.2 Å². The highest BCUT2D eigenvalue weighted by Crippen LogP contribution is 2.14. The summed E-state index contributed by atoms with van der Waals surface area (Å²) in [6.45, 7) is 0.0625. The van der Waals surface area contributed by atoms with Gasteiger partial charge in [0, 0.05) is 18.6 Å². The number of methoxy groups -OCH3 is 1. The lowest BCUT2D eigenvalue weighted by Gasteiger charge is -2.14. The van der Waals surface area contributed by atoms with Crippen LogP contribution in [0.3, 0.4) is 0 Å². The molecular weight excluding hydrogens is 372 g/mol. The Kier molecular flexibility index (Phi) is 4.74. The Hall–Kier alpha value is -4.07. The first-order valence-corrected chi connectivity index (χ1v) is 8.78. The average Bonchev–Trinajstić information content (AvgIpc) is 2.77. The number of aromatic nitrogens is 4. The van der Waals surface area contributed by atoms with E-state index in [0.717, 1.165) is 4.57 Å². The first-order chi connectivity index (χ1) is 14.1. The number of carbonyl (C=O) groups is 1. The molecule has 0 unspecified atom stereocenters. The second-order valence-corrected chi connectivity index (χ2v) is 6.29. The molecule has 8 nitrogen and oxygen atoms in total. The van der Waals surface area contributed by atoms with Crippen molar-refractivity contribution in [1.82, 2.24) is 19.1 Å². The summed E-state index contributed by atoms with van der Waals surface area (Å²) in [4.78, 5) is 46.5. The topological polar surface area (TPSA) is 96.1 Å². The molecule has 0 fully saturated rings. The predicted molar refractivity (Wildman–Crippen MR) is 106 cm³/mol. The molecule has 0 atom stereocenters. The molecule has 8 heteroatoms. The van der Waals surface area contributed by atoms with E-state index in [1.807, 2.05) is 0 Å². The van der Waals surface area contributed by atoms with Crippen LogP contribution >= 0.6 is 0 Å². The Morgan fingerprint density at radius 2 is 1.90 bits per heavy atom. The number of nitrogens with zero attached hydrogens (tertiary/aromatic N) is 4. The molecule has 0 aliphatic rings. The number of esters is 1. The van der Waals surface area contributed by atoms with E-state index in [9.17, 15) is 14.4 Å². The molecular formula is C21H16N4O4. The van der Waals surface area contributed by atoms with Gasteiger partial charge in [0.15, 0.2) is 5.65 Å². The Bertz CT molecular complexity index is 1330. The molecule has 0 saturated heterocycles. The van der Waals surface area contributed by atoms with Crippen LogP contribution in [0.2, 0.25) is 0 Å². The van der Waals surface area contributed by atoms with Crippen molar-refractivity contribution in [3.8, 4) is 5.69 Å². The fraction of sp³-hybridized carbons (Fsp3) is 0.0952. The van der Waals surface area contributed by atoms with Crippen molar-refractivity contribution < 1.29 is 9.53 Å². The molecule has 3 heterocycles. The lowest BCUT2D eigenvalue weighted by atomic mass is 10.2. The molecule has 0 N–H and O–H groups in total. The van der Waals surface area contributed by atoms with Crippen LogP contribution < -0.4 is 11.2 Å². The molecule has 29 heavy (non-hydrogen) atoms. The lowest BCUT2D eigenvalue weighted by molar-refractivity contribution is 0.0600. The molecule has 0 spiro atoms. The van der Waals surface area contributed by atoms with Crippen molar-refractivity contribution >= 4 is 17.0 Å². The van der Waals surface area contributed by atoms with E-state index in [1.165, 1.54) is 23.9 Å². The number of ether oxygens (including phenoxy) is 1. The average molecular weight is 388 g/mol. The zero-order valence-corrected chi connectivity index (χ0v) is 15.5. The summed E-state index contributed by atoms with van der Waals surface area (Å²) in [6, 6.07) is 13.2. The van der Waals surface area contributed by atoms with Gasteiger partial charge in [-0.15, -0.1) is 0 Å². The Labute approximate surface area is 164 Å². The van der Waals surface area contributed by atoms with Gasteiger partial charge in [0.1, 0.15) is 0 Å². The second kappa shape index (κ2) is 7.51. The van der Waals surface area contributed by atoms with Crippen molar-refractivity contribution in [2.24, 2.45) is 0 Å².